The van der Waals surface area contributed by atoms with Crippen LogP contribution >= 0.6 is 15.9 Å². The number of halogens is 1. The molecule has 0 fully saturated rings. The molecule has 0 aliphatic carbocycles. The Morgan fingerprint density at radius 3 is 2.76 bits per heavy atom. The van der Waals surface area contributed by atoms with Crippen LogP contribution in [0.2, 0.25) is 0 Å². The Morgan fingerprint density at radius 2 is 2.19 bits per heavy atom. The van der Waals surface area contributed by atoms with E-state index < -0.39 is 5.92 Å². The van der Waals surface area contributed by atoms with E-state index in [1.807, 2.05) is 31.2 Å². The number of carbonyl (C=O) groups is 1. The predicted octanol–water partition coefficient (Wildman–Crippen LogP) is 2.84. The first-order valence-corrected chi connectivity index (χ1v) is 7.68. The first-order valence-electron chi connectivity index (χ1n) is 6.88. The molecule has 1 atom stereocenters. The summed E-state index contributed by atoms with van der Waals surface area (Å²) in [5.41, 5.74) is 0.834. The van der Waals surface area contributed by atoms with E-state index in [-0.39, 0.29) is 5.97 Å². The van der Waals surface area contributed by atoms with Gasteiger partial charge in [-0.15, -0.1) is 0 Å². The molecule has 0 spiro atoms. The fraction of sp³-hybridized carbons (Fsp3) is 0.400. The molecule has 5 nitrogen and oxygen atoms in total. The third-order valence-electron chi connectivity index (χ3n) is 3.12. The number of hydrogen-bond donors (Lipinski definition) is 0. The highest BCUT2D eigenvalue weighted by molar-refractivity contribution is 9.10. The molecule has 1 unspecified atom stereocenters. The molecule has 0 saturated carbocycles. The van der Waals surface area contributed by atoms with Crippen LogP contribution in [0.5, 0.6) is 0 Å². The van der Waals surface area contributed by atoms with Gasteiger partial charge in [0.25, 0.3) is 0 Å². The van der Waals surface area contributed by atoms with Crippen LogP contribution in [0.3, 0.4) is 0 Å². The first-order chi connectivity index (χ1) is 10.1. The normalized spacial score (nSPS) is 12.2. The molecule has 1 aromatic carbocycles. The third-order valence-corrected chi connectivity index (χ3v) is 3.61. The van der Waals surface area contributed by atoms with Gasteiger partial charge in [-0.3, -0.25) is 9.48 Å². The molecule has 0 bridgehead atoms. The first kappa shape index (κ1) is 15.7. The molecule has 0 amide bonds. The van der Waals surface area contributed by atoms with E-state index in [0.717, 1.165) is 22.3 Å². The Morgan fingerprint density at radius 1 is 1.43 bits per heavy atom. The van der Waals surface area contributed by atoms with Crippen LogP contribution in [-0.4, -0.2) is 27.3 Å². The number of nitrogens with zero attached hydrogens (tertiary/aromatic N) is 3. The van der Waals surface area contributed by atoms with E-state index >= 15 is 0 Å². The molecule has 2 aromatic rings. The van der Waals surface area contributed by atoms with Crippen molar-refractivity contribution in [3.63, 3.8) is 0 Å². The van der Waals surface area contributed by atoms with Crippen molar-refractivity contribution in [3.8, 4) is 0 Å². The molecule has 0 aliphatic heterocycles. The van der Waals surface area contributed by atoms with Crippen LogP contribution in [0.25, 0.3) is 0 Å². The summed E-state index contributed by atoms with van der Waals surface area (Å²) in [6.07, 6.45) is 0.724. The van der Waals surface area contributed by atoms with Gasteiger partial charge in [-0.1, -0.05) is 35.0 Å². The standard InChI is InChI=1S/C15H18BrN3O2/c1-4-12-17-14(19(3)18-12)13(15(20)21-5-2)10-7-6-8-11(16)9-10/h6-9,13H,4-5H2,1-3H3. The maximum Gasteiger partial charge on any atom is 0.321 e. The topological polar surface area (TPSA) is 57.0 Å². The highest BCUT2D eigenvalue weighted by Crippen LogP contribution is 2.27. The Labute approximate surface area is 132 Å². The highest BCUT2D eigenvalue weighted by Gasteiger charge is 2.29. The lowest BCUT2D eigenvalue weighted by atomic mass is 9.98. The summed E-state index contributed by atoms with van der Waals surface area (Å²) in [7, 11) is 1.80. The largest absolute Gasteiger partial charge is 0.465 e. The summed E-state index contributed by atoms with van der Waals surface area (Å²) < 4.78 is 7.78. The van der Waals surface area contributed by atoms with E-state index in [4.69, 9.17) is 4.74 Å². The van der Waals surface area contributed by atoms with Crippen molar-refractivity contribution in [1.29, 1.82) is 0 Å². The third kappa shape index (κ3) is 3.50. The minimum absolute atomic E-state index is 0.311. The van der Waals surface area contributed by atoms with E-state index in [0.29, 0.717) is 12.4 Å². The molecule has 0 aliphatic rings. The van der Waals surface area contributed by atoms with Gasteiger partial charge in [-0.25, -0.2) is 4.98 Å². The van der Waals surface area contributed by atoms with Gasteiger partial charge in [0.1, 0.15) is 11.7 Å². The Hall–Kier alpha value is -1.69. The summed E-state index contributed by atoms with van der Waals surface area (Å²) in [5, 5.41) is 4.33. The van der Waals surface area contributed by atoms with Crippen molar-refractivity contribution < 1.29 is 9.53 Å². The molecule has 0 saturated heterocycles. The molecule has 0 N–H and O–H groups in total. The number of carbonyl (C=O) groups excluding carboxylic acids is 1. The second-order valence-corrected chi connectivity index (χ2v) is 5.52. The fourth-order valence-electron chi connectivity index (χ4n) is 2.15. The summed E-state index contributed by atoms with van der Waals surface area (Å²) in [6, 6.07) is 7.61. The number of ether oxygens (including phenoxy) is 1. The van der Waals surface area contributed by atoms with Gasteiger partial charge in [-0.2, -0.15) is 5.10 Å². The lowest BCUT2D eigenvalue weighted by molar-refractivity contribution is -0.144. The van der Waals surface area contributed by atoms with Crippen molar-refractivity contribution in [2.75, 3.05) is 6.61 Å². The molecule has 0 radical (unpaired) electrons. The quantitative estimate of drug-likeness (QED) is 0.777. The number of rotatable bonds is 5. The van der Waals surface area contributed by atoms with Crippen LogP contribution in [0.4, 0.5) is 0 Å². The van der Waals surface area contributed by atoms with Crippen LogP contribution in [0.1, 0.15) is 37.0 Å². The zero-order valence-corrected chi connectivity index (χ0v) is 13.9. The van der Waals surface area contributed by atoms with Crippen molar-refractivity contribution in [3.05, 3.63) is 46.0 Å². The van der Waals surface area contributed by atoms with Crippen LogP contribution in [-0.2, 0) is 23.0 Å². The second kappa shape index (κ2) is 6.85. The Bertz CT molecular complexity index is 640. The molecule has 1 aromatic heterocycles. The van der Waals surface area contributed by atoms with E-state index in [2.05, 4.69) is 26.0 Å². The molecule has 21 heavy (non-hydrogen) atoms. The number of hydrogen-bond acceptors (Lipinski definition) is 4. The average molecular weight is 352 g/mol. The van der Waals surface area contributed by atoms with Gasteiger partial charge in [0.15, 0.2) is 5.82 Å². The van der Waals surface area contributed by atoms with Gasteiger partial charge in [0.05, 0.1) is 6.61 Å². The zero-order valence-electron chi connectivity index (χ0n) is 12.3. The van der Waals surface area contributed by atoms with Crippen LogP contribution in [0.15, 0.2) is 28.7 Å². The lowest BCUT2D eigenvalue weighted by Gasteiger charge is -2.15. The van der Waals surface area contributed by atoms with E-state index in [1.165, 1.54) is 0 Å². The lowest BCUT2D eigenvalue weighted by Crippen LogP contribution is -2.21. The van der Waals surface area contributed by atoms with Gasteiger partial charge < -0.3 is 4.74 Å². The van der Waals surface area contributed by atoms with Crippen molar-refractivity contribution in [1.82, 2.24) is 14.8 Å². The highest BCUT2D eigenvalue weighted by atomic mass is 79.9. The summed E-state index contributed by atoms with van der Waals surface area (Å²) in [6.45, 7) is 4.11. The maximum atomic E-state index is 12.4. The van der Waals surface area contributed by atoms with Crippen molar-refractivity contribution >= 4 is 21.9 Å². The SMILES string of the molecule is CCOC(=O)C(c1cccc(Br)c1)c1nc(CC)nn1C. The number of aryl methyl sites for hydroxylation is 2. The summed E-state index contributed by atoms with van der Waals surface area (Å²) >= 11 is 3.43. The van der Waals surface area contributed by atoms with Gasteiger partial charge >= 0.3 is 5.97 Å². The molecule has 2 rings (SSSR count). The smallest absolute Gasteiger partial charge is 0.321 e. The number of aromatic nitrogens is 3. The van der Waals surface area contributed by atoms with Gasteiger partial charge in [-0.05, 0) is 24.6 Å². The summed E-state index contributed by atoms with van der Waals surface area (Å²) in [5.74, 6) is 0.439. The zero-order chi connectivity index (χ0) is 15.4. The molecule has 112 valence electrons. The molecule has 6 heteroatoms. The van der Waals surface area contributed by atoms with Crippen molar-refractivity contribution in [2.45, 2.75) is 26.2 Å². The average Bonchev–Trinajstić information content (AvgIpc) is 2.81. The molecule has 1 heterocycles. The minimum Gasteiger partial charge on any atom is -0.465 e. The van der Waals surface area contributed by atoms with Crippen LogP contribution < -0.4 is 0 Å². The summed E-state index contributed by atoms with van der Waals surface area (Å²) in [4.78, 5) is 16.9. The monoisotopic (exact) mass is 351 g/mol. The fourth-order valence-corrected chi connectivity index (χ4v) is 2.57. The van der Waals surface area contributed by atoms with Gasteiger partial charge in [0.2, 0.25) is 0 Å². The van der Waals surface area contributed by atoms with Gasteiger partial charge in [0, 0.05) is 17.9 Å². The Kier molecular flexibility index (Phi) is 5.12. The van der Waals surface area contributed by atoms with E-state index in [9.17, 15) is 4.79 Å². The Balaban J connectivity index is 2.50. The number of benzene rings is 1. The maximum absolute atomic E-state index is 12.4. The molecular formula is C15H18BrN3O2. The number of esters is 1. The minimum atomic E-state index is -0.569. The predicted molar refractivity (Wildman–Crippen MR) is 83.0 cm³/mol. The molecular weight excluding hydrogens is 334 g/mol. The van der Waals surface area contributed by atoms with E-state index in [1.54, 1.807) is 18.7 Å². The van der Waals surface area contributed by atoms with Crippen LogP contribution in [0, 0.1) is 0 Å². The second-order valence-electron chi connectivity index (χ2n) is 4.60. The van der Waals surface area contributed by atoms with Crippen molar-refractivity contribution in [2.24, 2.45) is 7.05 Å².